The van der Waals surface area contributed by atoms with E-state index in [1.807, 2.05) is 19.9 Å². The van der Waals surface area contributed by atoms with Crippen LogP contribution >= 0.6 is 23.4 Å². The molecular weight excluding hydrogens is 393 g/mol. The molecule has 1 amide bonds. The van der Waals surface area contributed by atoms with Crippen LogP contribution in [0.3, 0.4) is 0 Å². The number of rotatable bonds is 7. The Balaban J connectivity index is 1.81. The Labute approximate surface area is 166 Å². The summed E-state index contributed by atoms with van der Waals surface area (Å²) in [5.74, 6) is -1.54. The van der Waals surface area contributed by atoms with Crippen LogP contribution in [-0.2, 0) is 20.9 Å². The van der Waals surface area contributed by atoms with Crippen LogP contribution in [0, 0.1) is 19.7 Å². The number of carbonyl (C=O) groups is 2. The summed E-state index contributed by atoms with van der Waals surface area (Å²) in [4.78, 5) is 33.6. The highest BCUT2D eigenvalue weighted by Gasteiger charge is 2.16. The van der Waals surface area contributed by atoms with Crippen molar-refractivity contribution < 1.29 is 18.7 Å². The van der Waals surface area contributed by atoms with Gasteiger partial charge in [-0.15, -0.1) is 0 Å². The van der Waals surface area contributed by atoms with Gasteiger partial charge in [0.2, 0.25) is 0 Å². The molecule has 27 heavy (non-hydrogen) atoms. The Kier molecular flexibility index (Phi) is 7.55. The second-order valence-corrected chi connectivity index (χ2v) is 7.18. The summed E-state index contributed by atoms with van der Waals surface area (Å²) >= 11 is 7.08. The van der Waals surface area contributed by atoms with Crippen molar-refractivity contribution in [3.63, 3.8) is 0 Å². The number of aryl methyl sites for hydroxylation is 2. The molecule has 0 aliphatic heterocycles. The summed E-state index contributed by atoms with van der Waals surface area (Å²) in [5.41, 5.74) is 1.83. The van der Waals surface area contributed by atoms with E-state index in [0.717, 1.165) is 23.1 Å². The van der Waals surface area contributed by atoms with Gasteiger partial charge < -0.3 is 9.64 Å². The van der Waals surface area contributed by atoms with Gasteiger partial charge in [0.05, 0.1) is 5.75 Å². The van der Waals surface area contributed by atoms with Gasteiger partial charge in [-0.25, -0.2) is 14.4 Å². The molecule has 2 rings (SSSR count). The molecule has 0 saturated carbocycles. The highest BCUT2D eigenvalue weighted by molar-refractivity contribution is 7.99. The van der Waals surface area contributed by atoms with E-state index in [1.165, 1.54) is 24.1 Å². The van der Waals surface area contributed by atoms with Gasteiger partial charge in [0.1, 0.15) is 5.82 Å². The van der Waals surface area contributed by atoms with Crippen molar-refractivity contribution in [2.75, 3.05) is 19.4 Å². The monoisotopic (exact) mass is 411 g/mol. The summed E-state index contributed by atoms with van der Waals surface area (Å²) in [6.07, 6.45) is 0. The third-order valence-electron chi connectivity index (χ3n) is 3.52. The fourth-order valence-corrected chi connectivity index (χ4v) is 3.15. The summed E-state index contributed by atoms with van der Waals surface area (Å²) < 4.78 is 18.8. The maximum atomic E-state index is 13.8. The van der Waals surface area contributed by atoms with Gasteiger partial charge >= 0.3 is 5.97 Å². The molecule has 0 N–H and O–H groups in total. The minimum absolute atomic E-state index is 0.0149. The fraction of sp³-hybridized carbons (Fsp3) is 0.333. The molecule has 0 saturated heterocycles. The number of halogens is 2. The third kappa shape index (κ3) is 6.48. The Morgan fingerprint density at radius 3 is 2.56 bits per heavy atom. The zero-order chi connectivity index (χ0) is 20.0. The number of carbonyl (C=O) groups excluding carboxylic acids is 2. The number of benzene rings is 1. The predicted octanol–water partition coefficient (Wildman–Crippen LogP) is 3.18. The molecule has 0 atom stereocenters. The molecule has 0 fully saturated rings. The number of nitrogens with zero attached hydrogens (tertiary/aromatic N) is 3. The van der Waals surface area contributed by atoms with Crippen LogP contribution in [0.4, 0.5) is 4.39 Å². The first kappa shape index (κ1) is 21.1. The average Bonchev–Trinajstić information content (AvgIpc) is 2.60. The lowest BCUT2D eigenvalue weighted by Gasteiger charge is -2.18. The van der Waals surface area contributed by atoms with Crippen LogP contribution in [-0.4, -0.2) is 46.2 Å². The Morgan fingerprint density at radius 2 is 1.93 bits per heavy atom. The van der Waals surface area contributed by atoms with E-state index in [0.29, 0.717) is 5.16 Å². The van der Waals surface area contributed by atoms with Crippen molar-refractivity contribution in [3.8, 4) is 0 Å². The molecule has 6 nitrogen and oxygen atoms in total. The summed E-state index contributed by atoms with van der Waals surface area (Å²) in [6.45, 7) is 3.23. The first-order valence-electron chi connectivity index (χ1n) is 8.04. The molecule has 9 heteroatoms. The van der Waals surface area contributed by atoms with Gasteiger partial charge in [-0.05, 0) is 32.0 Å². The molecule has 0 aliphatic carbocycles. The average molecular weight is 412 g/mol. The number of likely N-dealkylation sites (N-methyl/N-ethyl adjacent to an activating group) is 1. The van der Waals surface area contributed by atoms with Gasteiger partial charge in [0, 0.05) is 35.6 Å². The highest BCUT2D eigenvalue weighted by atomic mass is 35.5. The molecule has 144 valence electrons. The lowest BCUT2D eigenvalue weighted by Crippen LogP contribution is -2.31. The quantitative estimate of drug-likeness (QED) is 0.396. The van der Waals surface area contributed by atoms with Crippen LogP contribution in [0.25, 0.3) is 0 Å². The molecule has 0 radical (unpaired) electrons. The maximum Gasteiger partial charge on any atom is 0.316 e. The van der Waals surface area contributed by atoms with E-state index in [2.05, 4.69) is 9.97 Å². The van der Waals surface area contributed by atoms with Crippen LogP contribution in [0.2, 0.25) is 5.02 Å². The van der Waals surface area contributed by atoms with Crippen LogP contribution in [0.5, 0.6) is 0 Å². The molecule has 1 aromatic carbocycles. The lowest BCUT2D eigenvalue weighted by molar-refractivity contribution is -0.149. The Morgan fingerprint density at radius 1 is 1.26 bits per heavy atom. The first-order chi connectivity index (χ1) is 12.8. The molecule has 0 unspecified atom stereocenters. The zero-order valence-corrected chi connectivity index (χ0v) is 16.7. The van der Waals surface area contributed by atoms with Gasteiger partial charge in [-0.1, -0.05) is 29.4 Å². The minimum Gasteiger partial charge on any atom is -0.455 e. The third-order valence-corrected chi connectivity index (χ3v) is 4.70. The minimum atomic E-state index is -0.562. The molecule has 0 bridgehead atoms. The molecule has 2 aromatic rings. The van der Waals surface area contributed by atoms with E-state index >= 15 is 0 Å². The molecule has 0 aliphatic rings. The smallest absolute Gasteiger partial charge is 0.316 e. The van der Waals surface area contributed by atoms with Crippen LogP contribution < -0.4 is 0 Å². The van der Waals surface area contributed by atoms with Crippen molar-refractivity contribution in [2.45, 2.75) is 25.5 Å². The van der Waals surface area contributed by atoms with E-state index < -0.39 is 24.3 Å². The van der Waals surface area contributed by atoms with Crippen LogP contribution in [0.15, 0.2) is 29.4 Å². The number of hydrogen-bond acceptors (Lipinski definition) is 6. The fourth-order valence-electron chi connectivity index (χ4n) is 2.18. The second-order valence-electron chi connectivity index (χ2n) is 5.83. The van der Waals surface area contributed by atoms with Gasteiger partial charge in [0.25, 0.3) is 5.91 Å². The SMILES string of the molecule is Cc1cc(C)nc(SCC(=O)OCC(=O)N(C)Cc2c(F)cccc2Cl)n1. The molecule has 1 heterocycles. The number of ether oxygens (including phenoxy) is 1. The van der Waals surface area contributed by atoms with Crippen molar-refractivity contribution in [2.24, 2.45) is 0 Å². The highest BCUT2D eigenvalue weighted by Crippen LogP contribution is 2.20. The first-order valence-corrected chi connectivity index (χ1v) is 9.40. The van der Waals surface area contributed by atoms with Crippen LogP contribution in [0.1, 0.15) is 17.0 Å². The van der Waals surface area contributed by atoms with Gasteiger partial charge in [-0.3, -0.25) is 9.59 Å². The molecule has 0 spiro atoms. The van der Waals surface area contributed by atoms with Crippen molar-refractivity contribution >= 4 is 35.2 Å². The lowest BCUT2D eigenvalue weighted by atomic mass is 10.2. The van der Waals surface area contributed by atoms with Crippen molar-refractivity contribution in [3.05, 3.63) is 52.1 Å². The molecule has 1 aromatic heterocycles. The van der Waals surface area contributed by atoms with E-state index in [4.69, 9.17) is 16.3 Å². The standard InChI is InChI=1S/C18H19ClFN3O3S/c1-11-7-12(2)22-18(21-11)27-10-17(25)26-9-16(24)23(3)8-13-14(19)5-4-6-15(13)20/h4-7H,8-10H2,1-3H3. The van der Waals surface area contributed by atoms with Crippen molar-refractivity contribution in [1.29, 1.82) is 0 Å². The molecular formula is C18H19ClFN3O3S. The topological polar surface area (TPSA) is 72.4 Å². The van der Waals surface area contributed by atoms with E-state index in [9.17, 15) is 14.0 Å². The normalized spacial score (nSPS) is 10.6. The number of esters is 1. The number of aromatic nitrogens is 2. The second kappa shape index (κ2) is 9.66. The van der Waals surface area contributed by atoms with Crippen molar-refractivity contribution in [1.82, 2.24) is 14.9 Å². The predicted molar refractivity (Wildman–Crippen MR) is 101 cm³/mol. The van der Waals surface area contributed by atoms with Gasteiger partial charge in [-0.2, -0.15) is 0 Å². The number of hydrogen-bond donors (Lipinski definition) is 0. The van der Waals surface area contributed by atoms with E-state index in [-0.39, 0.29) is 22.9 Å². The summed E-state index contributed by atoms with van der Waals surface area (Å²) in [5, 5.41) is 0.707. The largest absolute Gasteiger partial charge is 0.455 e. The number of amides is 1. The zero-order valence-electron chi connectivity index (χ0n) is 15.2. The summed E-state index contributed by atoms with van der Waals surface area (Å²) in [7, 11) is 1.48. The Bertz CT molecular complexity index is 810. The van der Waals surface area contributed by atoms with E-state index in [1.54, 1.807) is 6.07 Å². The summed E-state index contributed by atoms with van der Waals surface area (Å²) in [6, 6.07) is 6.14. The Hall–Kier alpha value is -2.19. The maximum absolute atomic E-state index is 13.8. The van der Waals surface area contributed by atoms with Gasteiger partial charge in [0.15, 0.2) is 11.8 Å². The number of thioether (sulfide) groups is 1.